The summed E-state index contributed by atoms with van der Waals surface area (Å²) in [6, 6.07) is 5.55. The van der Waals surface area contributed by atoms with Gasteiger partial charge >= 0.3 is 5.97 Å². The lowest BCUT2D eigenvalue weighted by Crippen LogP contribution is -2.06. The summed E-state index contributed by atoms with van der Waals surface area (Å²) < 4.78 is 4.49. The standard InChI is InChI=1S/C10H9N3O4/c1-17-10(14)7-2-3-9(13(15)16)8(6-7)12-5-4-11/h2-3,6,12H,5H2,1H3. The van der Waals surface area contributed by atoms with Gasteiger partial charge in [0.15, 0.2) is 0 Å². The molecule has 1 aromatic carbocycles. The Bertz CT molecular complexity index is 493. The molecule has 1 N–H and O–H groups in total. The van der Waals surface area contributed by atoms with Gasteiger partial charge in [0, 0.05) is 6.07 Å². The molecule has 1 rings (SSSR count). The van der Waals surface area contributed by atoms with E-state index in [-0.39, 0.29) is 23.5 Å². The number of hydrogen-bond donors (Lipinski definition) is 1. The van der Waals surface area contributed by atoms with Crippen LogP contribution in [0.25, 0.3) is 0 Å². The second-order valence-corrected chi connectivity index (χ2v) is 2.99. The first-order valence-corrected chi connectivity index (χ1v) is 4.57. The fourth-order valence-corrected chi connectivity index (χ4v) is 1.22. The van der Waals surface area contributed by atoms with E-state index in [9.17, 15) is 14.9 Å². The van der Waals surface area contributed by atoms with Crippen molar-refractivity contribution in [2.45, 2.75) is 0 Å². The molecule has 17 heavy (non-hydrogen) atoms. The molecule has 0 saturated heterocycles. The van der Waals surface area contributed by atoms with Crippen molar-refractivity contribution in [3.05, 3.63) is 33.9 Å². The van der Waals surface area contributed by atoms with Crippen molar-refractivity contribution in [1.29, 1.82) is 5.26 Å². The van der Waals surface area contributed by atoms with Gasteiger partial charge in [-0.15, -0.1) is 0 Å². The number of ether oxygens (including phenoxy) is 1. The molecule has 0 saturated carbocycles. The van der Waals surface area contributed by atoms with E-state index < -0.39 is 10.9 Å². The highest BCUT2D eigenvalue weighted by molar-refractivity contribution is 5.91. The predicted octanol–water partition coefficient (Wildman–Crippen LogP) is 1.32. The van der Waals surface area contributed by atoms with Gasteiger partial charge in [0.2, 0.25) is 0 Å². The molecule has 0 atom stereocenters. The van der Waals surface area contributed by atoms with Crippen LogP contribution in [-0.2, 0) is 4.74 Å². The van der Waals surface area contributed by atoms with Crippen LogP contribution >= 0.6 is 0 Å². The van der Waals surface area contributed by atoms with E-state index in [1.54, 1.807) is 6.07 Å². The minimum atomic E-state index is -0.597. The molecule has 0 aromatic heterocycles. The zero-order chi connectivity index (χ0) is 12.8. The topological polar surface area (TPSA) is 105 Å². The lowest BCUT2D eigenvalue weighted by molar-refractivity contribution is -0.384. The van der Waals surface area contributed by atoms with Crippen LogP contribution in [-0.4, -0.2) is 24.5 Å². The van der Waals surface area contributed by atoms with Crippen LogP contribution in [0.4, 0.5) is 11.4 Å². The van der Waals surface area contributed by atoms with Crippen LogP contribution < -0.4 is 5.32 Å². The summed E-state index contributed by atoms with van der Waals surface area (Å²) in [5, 5.41) is 21.7. The Labute approximate surface area is 96.8 Å². The van der Waals surface area contributed by atoms with E-state index in [0.717, 1.165) is 0 Å². The predicted molar refractivity (Wildman–Crippen MR) is 58.5 cm³/mol. The van der Waals surface area contributed by atoms with Gasteiger partial charge in [-0.25, -0.2) is 4.79 Å². The maximum Gasteiger partial charge on any atom is 0.337 e. The van der Waals surface area contributed by atoms with E-state index in [0.29, 0.717) is 0 Å². The van der Waals surface area contributed by atoms with Crippen LogP contribution in [0.2, 0.25) is 0 Å². The second kappa shape index (κ2) is 5.46. The van der Waals surface area contributed by atoms with Gasteiger partial charge in [-0.3, -0.25) is 10.1 Å². The molecule has 7 heteroatoms. The van der Waals surface area contributed by atoms with E-state index in [4.69, 9.17) is 5.26 Å². The largest absolute Gasteiger partial charge is 0.465 e. The fourth-order valence-electron chi connectivity index (χ4n) is 1.22. The number of carbonyl (C=O) groups is 1. The van der Waals surface area contributed by atoms with Crippen molar-refractivity contribution in [1.82, 2.24) is 0 Å². The molecule has 0 aliphatic heterocycles. The number of rotatable bonds is 4. The van der Waals surface area contributed by atoms with Crippen LogP contribution in [0.1, 0.15) is 10.4 Å². The van der Waals surface area contributed by atoms with Crippen molar-refractivity contribution in [2.75, 3.05) is 19.0 Å². The fraction of sp³-hybridized carbons (Fsp3) is 0.200. The van der Waals surface area contributed by atoms with Crippen molar-refractivity contribution >= 4 is 17.3 Å². The number of methoxy groups -OCH3 is 1. The summed E-state index contributed by atoms with van der Waals surface area (Å²) in [5.74, 6) is -0.597. The molecule has 1 aromatic rings. The van der Waals surface area contributed by atoms with Crippen molar-refractivity contribution in [2.24, 2.45) is 0 Å². The quantitative estimate of drug-likeness (QED) is 0.365. The minimum absolute atomic E-state index is 0.0918. The summed E-state index contributed by atoms with van der Waals surface area (Å²) in [5.41, 5.74) is 0.0888. The summed E-state index contributed by atoms with van der Waals surface area (Å²) in [4.78, 5) is 21.3. The number of benzene rings is 1. The number of nitrogens with one attached hydrogen (secondary N) is 1. The Morgan fingerprint density at radius 1 is 1.65 bits per heavy atom. The summed E-state index contributed by atoms with van der Waals surface area (Å²) in [6.45, 7) is -0.0918. The number of carbonyl (C=O) groups excluding carboxylic acids is 1. The van der Waals surface area contributed by atoms with Gasteiger partial charge in [0.25, 0.3) is 5.69 Å². The summed E-state index contributed by atoms with van der Waals surface area (Å²) in [7, 11) is 1.21. The number of hydrogen-bond acceptors (Lipinski definition) is 6. The van der Waals surface area contributed by atoms with Gasteiger partial charge in [-0.05, 0) is 12.1 Å². The molecule has 7 nitrogen and oxygen atoms in total. The number of anilines is 1. The zero-order valence-electron chi connectivity index (χ0n) is 8.97. The number of nitriles is 1. The van der Waals surface area contributed by atoms with Crippen LogP contribution in [0, 0.1) is 21.4 Å². The number of esters is 1. The SMILES string of the molecule is COC(=O)c1ccc([N+](=O)[O-])c(NCC#N)c1. The minimum Gasteiger partial charge on any atom is -0.465 e. The molecule has 0 spiro atoms. The molecule has 0 heterocycles. The molecular weight excluding hydrogens is 226 g/mol. The molecule has 0 radical (unpaired) electrons. The number of nitrogens with zero attached hydrogens (tertiary/aromatic N) is 2. The van der Waals surface area contributed by atoms with Gasteiger partial charge in [0.1, 0.15) is 12.2 Å². The Morgan fingerprint density at radius 3 is 2.88 bits per heavy atom. The number of nitro groups is 1. The van der Waals surface area contributed by atoms with Crippen molar-refractivity contribution < 1.29 is 14.5 Å². The van der Waals surface area contributed by atoms with Crippen LogP contribution in [0.5, 0.6) is 0 Å². The first-order chi connectivity index (χ1) is 8.10. The van der Waals surface area contributed by atoms with Gasteiger partial charge in [-0.1, -0.05) is 0 Å². The maximum absolute atomic E-state index is 11.2. The monoisotopic (exact) mass is 235 g/mol. The molecule has 0 aliphatic rings. The third kappa shape index (κ3) is 2.92. The average Bonchev–Trinajstić information content (AvgIpc) is 2.34. The summed E-state index contributed by atoms with van der Waals surface area (Å²) >= 11 is 0. The average molecular weight is 235 g/mol. The van der Waals surface area contributed by atoms with Crippen LogP contribution in [0.3, 0.4) is 0 Å². The third-order valence-corrected chi connectivity index (χ3v) is 1.97. The Kier molecular flexibility index (Phi) is 4.00. The molecule has 0 unspecified atom stereocenters. The first kappa shape index (κ1) is 12.4. The highest BCUT2D eigenvalue weighted by Gasteiger charge is 2.16. The Morgan fingerprint density at radius 2 is 2.35 bits per heavy atom. The molecule has 0 amide bonds. The van der Waals surface area contributed by atoms with E-state index >= 15 is 0 Å². The van der Waals surface area contributed by atoms with Gasteiger partial charge in [-0.2, -0.15) is 5.26 Å². The molecule has 0 aliphatic carbocycles. The molecule has 88 valence electrons. The summed E-state index contributed by atoms with van der Waals surface area (Å²) in [6.07, 6.45) is 0. The van der Waals surface area contributed by atoms with Gasteiger partial charge < -0.3 is 10.1 Å². The zero-order valence-corrected chi connectivity index (χ0v) is 8.97. The molecular formula is C10H9N3O4. The van der Waals surface area contributed by atoms with Crippen molar-refractivity contribution in [3.63, 3.8) is 0 Å². The first-order valence-electron chi connectivity index (χ1n) is 4.57. The smallest absolute Gasteiger partial charge is 0.337 e. The van der Waals surface area contributed by atoms with Gasteiger partial charge in [0.05, 0.1) is 23.7 Å². The molecule has 0 fully saturated rings. The van der Waals surface area contributed by atoms with Crippen LogP contribution in [0.15, 0.2) is 18.2 Å². The van der Waals surface area contributed by atoms with E-state index in [1.807, 2.05) is 0 Å². The normalized spacial score (nSPS) is 9.18. The van der Waals surface area contributed by atoms with Crippen molar-refractivity contribution in [3.8, 4) is 6.07 Å². The Balaban J connectivity index is 3.15. The van der Waals surface area contributed by atoms with E-state index in [1.165, 1.54) is 25.3 Å². The highest BCUT2D eigenvalue weighted by Crippen LogP contribution is 2.25. The lowest BCUT2D eigenvalue weighted by atomic mass is 10.1. The maximum atomic E-state index is 11.2. The second-order valence-electron chi connectivity index (χ2n) is 2.99. The molecule has 0 bridgehead atoms. The highest BCUT2D eigenvalue weighted by atomic mass is 16.6. The van der Waals surface area contributed by atoms with E-state index in [2.05, 4.69) is 10.1 Å². The lowest BCUT2D eigenvalue weighted by Gasteiger charge is -2.05. The Hall–Kier alpha value is -2.62. The third-order valence-electron chi connectivity index (χ3n) is 1.97. The number of nitro benzene ring substituents is 1.